The Labute approximate surface area is 464 Å². The number of nitrogens with zero attached hydrogens (tertiary/aromatic N) is 1. The van der Waals surface area contributed by atoms with Gasteiger partial charge >= 0.3 is 0 Å². The van der Waals surface area contributed by atoms with Crippen molar-refractivity contribution in [2.45, 2.75) is 135 Å². The SMILES string of the molecule is CC(C1=Cc2cc(Br)ccc2C1)N(C)C.Cc1cc(Cl)c2c(c1)CC(C(C)N)=C2.Cc1cc2c(cc1F)C=C(C(C)N)C2.NC1CCC2=C1Cc1ccc(Br)cc12.NC1CCCCC2=C1Cc1ccc(Br)cc12. The second-order valence-corrected chi connectivity index (χ2v) is 24.5. The van der Waals surface area contributed by atoms with E-state index < -0.39 is 0 Å². The highest BCUT2D eigenvalue weighted by molar-refractivity contribution is 9.11. The van der Waals surface area contributed by atoms with E-state index in [2.05, 4.69) is 153 Å². The predicted molar refractivity (Wildman–Crippen MR) is 320 cm³/mol. The minimum atomic E-state index is -0.133. The standard InChI is InChI=1S/C14H16BrN.C13H16BrN.C12H12BrN.C12H14ClN.C12H14FN/c15-10-6-5-9-7-13-11(12(9)8-10)3-1-2-4-14(13)16;1-9(15(2)3)11-6-10-4-5-13(14)8-12(10)7-11;13-8-2-1-7-5-11-9(10(7)6-8)3-4-12(11)14;1-7-3-10-5-9(8(2)14)6-11(10)12(13)4-7;1-7-3-10-4-9(8(2)14)5-11(10)6-12(7)13/h5-6,8,14H,1-4,7,16H2;4-5,7-9H,6H2,1-3H3;1-2,6,12H,3-5,14H2;3-4,6,8H,5,14H2,1-2H3;3,5-6,8H,4,14H2,1-2H3. The summed E-state index contributed by atoms with van der Waals surface area (Å²) in [4.78, 5) is 2.26. The number of rotatable bonds is 4. The first-order valence-corrected chi connectivity index (χ1v) is 28.7. The molecule has 0 amide bonds. The van der Waals surface area contributed by atoms with E-state index >= 15 is 0 Å². The van der Waals surface area contributed by atoms with Crippen LogP contribution in [0.1, 0.15) is 126 Å². The molecule has 5 atom stereocenters. The molecule has 5 unspecified atom stereocenters. The number of likely N-dealkylation sites (N-methyl/N-ethyl adjacent to an activating group) is 1. The molecule has 384 valence electrons. The van der Waals surface area contributed by atoms with E-state index in [1.807, 2.05) is 32.1 Å². The number of hydrogen-bond donors (Lipinski definition) is 4. The first-order valence-electron chi connectivity index (χ1n) is 25.9. The maximum absolute atomic E-state index is 13.2. The monoisotopic (exact) mass is 1190 g/mol. The van der Waals surface area contributed by atoms with Crippen LogP contribution in [-0.4, -0.2) is 49.2 Å². The molecule has 0 saturated carbocycles. The van der Waals surface area contributed by atoms with Crippen molar-refractivity contribution in [3.63, 3.8) is 0 Å². The topological polar surface area (TPSA) is 107 Å². The van der Waals surface area contributed by atoms with E-state index in [0.29, 0.717) is 23.7 Å². The molecule has 0 heterocycles. The number of halogens is 5. The van der Waals surface area contributed by atoms with Crippen LogP contribution in [0, 0.1) is 19.7 Å². The summed E-state index contributed by atoms with van der Waals surface area (Å²) in [6.45, 7) is 10.1. The molecule has 5 aromatic carbocycles. The van der Waals surface area contributed by atoms with Gasteiger partial charge in [-0.2, -0.15) is 0 Å². The second-order valence-electron chi connectivity index (χ2n) is 21.3. The summed E-state index contributed by atoms with van der Waals surface area (Å²) in [6.07, 6.45) is 18.8. The van der Waals surface area contributed by atoms with Gasteiger partial charge in [0.25, 0.3) is 0 Å². The molecule has 0 aliphatic heterocycles. The van der Waals surface area contributed by atoms with Crippen LogP contribution < -0.4 is 22.9 Å². The highest BCUT2D eigenvalue weighted by Crippen LogP contribution is 2.44. The Morgan fingerprint density at radius 2 is 1.10 bits per heavy atom. The maximum atomic E-state index is 13.2. The molecular formula is C63H72Br3ClFN5. The molecule has 5 nitrogen and oxygen atoms in total. The minimum absolute atomic E-state index is 0.0609. The normalized spacial score (nSPS) is 19.5. The molecule has 5 aromatic rings. The van der Waals surface area contributed by atoms with E-state index in [1.165, 1.54) is 118 Å². The largest absolute Gasteiger partial charge is 0.324 e. The molecule has 0 saturated heterocycles. The number of benzene rings is 5. The number of aryl methyl sites for hydroxylation is 2. The van der Waals surface area contributed by atoms with Crippen molar-refractivity contribution in [2.75, 3.05) is 14.1 Å². The molecule has 0 fully saturated rings. The van der Waals surface area contributed by atoms with Crippen molar-refractivity contribution in [1.82, 2.24) is 4.90 Å². The summed E-state index contributed by atoms with van der Waals surface area (Å²) in [7, 11) is 4.26. The lowest BCUT2D eigenvalue weighted by atomic mass is 10.0. The van der Waals surface area contributed by atoms with Gasteiger partial charge in [-0.15, -0.1) is 0 Å². The van der Waals surface area contributed by atoms with Gasteiger partial charge in [-0.1, -0.05) is 114 Å². The van der Waals surface area contributed by atoms with E-state index in [1.54, 1.807) is 18.6 Å². The molecule has 8 N–H and O–H groups in total. The van der Waals surface area contributed by atoms with Crippen molar-refractivity contribution in [3.8, 4) is 0 Å². The minimum Gasteiger partial charge on any atom is -0.324 e. The predicted octanol–water partition coefficient (Wildman–Crippen LogP) is 15.2. The van der Waals surface area contributed by atoms with Crippen LogP contribution in [0.15, 0.2) is 120 Å². The van der Waals surface area contributed by atoms with Gasteiger partial charge in [0, 0.05) is 48.6 Å². The molecule has 7 aliphatic carbocycles. The Bertz CT molecular complexity index is 3070. The summed E-state index contributed by atoms with van der Waals surface area (Å²) in [5.41, 5.74) is 49.2. The van der Waals surface area contributed by atoms with Crippen LogP contribution in [0.2, 0.25) is 5.02 Å². The summed E-state index contributed by atoms with van der Waals surface area (Å²) >= 11 is 16.8. The van der Waals surface area contributed by atoms with Gasteiger partial charge in [0.2, 0.25) is 0 Å². The zero-order valence-electron chi connectivity index (χ0n) is 43.5. The van der Waals surface area contributed by atoms with Gasteiger partial charge in [-0.05, 0) is 267 Å². The molecule has 0 aromatic heterocycles. The maximum Gasteiger partial charge on any atom is 0.126 e. The molecule has 7 aliphatic rings. The third-order valence-corrected chi connectivity index (χ3v) is 17.5. The number of fused-ring (bicyclic) bond motifs is 7. The Morgan fingerprint density at radius 1 is 0.575 bits per heavy atom. The summed E-state index contributed by atoms with van der Waals surface area (Å²) in [6, 6.07) is 28.7. The third-order valence-electron chi connectivity index (χ3n) is 15.7. The van der Waals surface area contributed by atoms with Crippen LogP contribution in [0.4, 0.5) is 4.39 Å². The second kappa shape index (κ2) is 24.1. The molecule has 0 radical (unpaired) electrons. The average Bonchev–Trinajstić information content (AvgIpc) is 4.21. The Kier molecular flexibility index (Phi) is 18.3. The fourth-order valence-electron chi connectivity index (χ4n) is 11.2. The zero-order valence-corrected chi connectivity index (χ0v) is 49.1. The van der Waals surface area contributed by atoms with Gasteiger partial charge in [0.05, 0.1) is 0 Å². The van der Waals surface area contributed by atoms with Gasteiger partial charge in [-0.25, -0.2) is 4.39 Å². The van der Waals surface area contributed by atoms with E-state index in [4.69, 9.17) is 34.5 Å². The zero-order chi connectivity index (χ0) is 52.4. The highest BCUT2D eigenvalue weighted by atomic mass is 79.9. The van der Waals surface area contributed by atoms with Crippen LogP contribution in [0.3, 0.4) is 0 Å². The lowest BCUT2D eigenvalue weighted by Gasteiger charge is -2.20. The Morgan fingerprint density at radius 3 is 1.71 bits per heavy atom. The summed E-state index contributed by atoms with van der Waals surface area (Å²) in [5.74, 6) is -0.133. The van der Waals surface area contributed by atoms with Crippen molar-refractivity contribution in [3.05, 3.63) is 198 Å². The Hall–Kier alpha value is -3.74. The molecule has 10 heteroatoms. The van der Waals surface area contributed by atoms with Crippen LogP contribution in [-0.2, 0) is 32.1 Å². The van der Waals surface area contributed by atoms with Crippen molar-refractivity contribution in [1.29, 1.82) is 0 Å². The van der Waals surface area contributed by atoms with E-state index in [0.717, 1.165) is 65.6 Å². The number of hydrogen-bond acceptors (Lipinski definition) is 5. The molecule has 12 rings (SSSR count). The summed E-state index contributed by atoms with van der Waals surface area (Å²) in [5, 5.41) is 0.843. The van der Waals surface area contributed by atoms with Gasteiger partial charge in [-0.3, -0.25) is 0 Å². The summed E-state index contributed by atoms with van der Waals surface area (Å²) < 4.78 is 16.8. The fraction of sp³-hybridized carbons (Fsp3) is 0.365. The lowest BCUT2D eigenvalue weighted by molar-refractivity contribution is 0.349. The van der Waals surface area contributed by atoms with Crippen molar-refractivity contribution >= 4 is 88.8 Å². The fourth-order valence-corrected chi connectivity index (χ4v) is 12.6. The molecule has 73 heavy (non-hydrogen) atoms. The highest BCUT2D eigenvalue weighted by Gasteiger charge is 2.30. The van der Waals surface area contributed by atoms with Crippen molar-refractivity contribution < 1.29 is 4.39 Å². The number of allylic oxidation sites excluding steroid dienone is 2. The Balaban J connectivity index is 0.000000122. The van der Waals surface area contributed by atoms with E-state index in [9.17, 15) is 4.39 Å². The average molecular weight is 1190 g/mol. The smallest absolute Gasteiger partial charge is 0.126 e. The first kappa shape index (κ1) is 55.5. The van der Waals surface area contributed by atoms with Gasteiger partial charge < -0.3 is 27.8 Å². The quantitative estimate of drug-likeness (QED) is 0.143. The van der Waals surface area contributed by atoms with Crippen molar-refractivity contribution in [2.24, 2.45) is 22.9 Å². The van der Waals surface area contributed by atoms with Crippen LogP contribution in [0.5, 0.6) is 0 Å². The molecular weight excluding hydrogens is 1120 g/mol. The van der Waals surface area contributed by atoms with Crippen LogP contribution >= 0.6 is 59.4 Å². The third kappa shape index (κ3) is 13.1. The molecule has 0 bridgehead atoms. The first-order chi connectivity index (χ1) is 34.7. The number of nitrogens with two attached hydrogens (primary N) is 4. The van der Waals surface area contributed by atoms with Crippen LogP contribution in [0.25, 0.3) is 29.4 Å². The molecule has 0 spiro atoms. The van der Waals surface area contributed by atoms with Gasteiger partial charge in [0.15, 0.2) is 0 Å². The lowest BCUT2D eigenvalue weighted by Crippen LogP contribution is -2.26. The van der Waals surface area contributed by atoms with E-state index in [-0.39, 0.29) is 17.9 Å². The van der Waals surface area contributed by atoms with Gasteiger partial charge in [0.1, 0.15) is 5.82 Å².